The van der Waals surface area contributed by atoms with Crippen LogP contribution in [0.4, 0.5) is 0 Å². The van der Waals surface area contributed by atoms with E-state index < -0.39 is 0 Å². The summed E-state index contributed by atoms with van der Waals surface area (Å²) >= 11 is 0. The number of pyridine rings is 1. The van der Waals surface area contributed by atoms with E-state index >= 15 is 0 Å². The third kappa shape index (κ3) is 4.16. The maximum Gasteiger partial charge on any atom is 0.220 e. The van der Waals surface area contributed by atoms with Crippen molar-refractivity contribution in [3.8, 4) is 0 Å². The number of benzene rings is 1. The fourth-order valence-electron chi connectivity index (χ4n) is 2.56. The summed E-state index contributed by atoms with van der Waals surface area (Å²) in [5.41, 5.74) is 3.23. The van der Waals surface area contributed by atoms with Crippen LogP contribution < -0.4 is 5.32 Å². The van der Waals surface area contributed by atoms with E-state index in [-0.39, 0.29) is 5.91 Å². The number of amides is 1. The third-order valence-corrected chi connectivity index (χ3v) is 3.79. The average Bonchev–Trinajstić information content (AvgIpc) is 3.01. The van der Waals surface area contributed by atoms with Crippen LogP contribution in [0, 0.1) is 0 Å². The van der Waals surface area contributed by atoms with E-state index in [9.17, 15) is 4.79 Å². The molecule has 23 heavy (non-hydrogen) atoms. The molecule has 118 valence electrons. The van der Waals surface area contributed by atoms with Crippen molar-refractivity contribution in [1.29, 1.82) is 0 Å². The normalized spacial score (nSPS) is 10.8. The lowest BCUT2D eigenvalue weighted by atomic mass is 10.1. The molecule has 0 saturated carbocycles. The van der Waals surface area contributed by atoms with Gasteiger partial charge in [0.1, 0.15) is 0 Å². The van der Waals surface area contributed by atoms with E-state index in [4.69, 9.17) is 0 Å². The van der Waals surface area contributed by atoms with Gasteiger partial charge in [-0.05, 0) is 36.6 Å². The van der Waals surface area contributed by atoms with Gasteiger partial charge in [0.15, 0.2) is 0 Å². The minimum atomic E-state index is 0.0874. The number of hydrogen-bond donors (Lipinski definition) is 1. The minimum Gasteiger partial charge on any atom is -0.356 e. The molecule has 3 rings (SSSR count). The first kappa shape index (κ1) is 15.2. The maximum atomic E-state index is 11.8. The highest BCUT2D eigenvalue weighted by atomic mass is 16.1. The Hall–Kier alpha value is -2.69. The Balaban J connectivity index is 1.39. The van der Waals surface area contributed by atoms with Crippen LogP contribution in [-0.4, -0.2) is 27.0 Å². The summed E-state index contributed by atoms with van der Waals surface area (Å²) in [4.78, 5) is 20.3. The van der Waals surface area contributed by atoms with Crippen LogP contribution >= 0.6 is 0 Å². The van der Waals surface area contributed by atoms with Gasteiger partial charge in [0.25, 0.3) is 0 Å². The average molecular weight is 308 g/mol. The summed E-state index contributed by atoms with van der Waals surface area (Å²) in [6.07, 6.45) is 7.51. The van der Waals surface area contributed by atoms with Crippen LogP contribution in [0.15, 0.2) is 55.1 Å². The number of imidazole rings is 1. The number of aromatic nitrogens is 3. The zero-order valence-electron chi connectivity index (χ0n) is 13.0. The van der Waals surface area contributed by atoms with E-state index in [0.29, 0.717) is 13.0 Å². The third-order valence-electron chi connectivity index (χ3n) is 3.79. The molecule has 0 atom stereocenters. The van der Waals surface area contributed by atoms with Gasteiger partial charge in [-0.3, -0.25) is 9.78 Å². The van der Waals surface area contributed by atoms with Crippen molar-refractivity contribution in [2.24, 2.45) is 0 Å². The highest BCUT2D eigenvalue weighted by molar-refractivity contribution is 5.76. The van der Waals surface area contributed by atoms with Crippen molar-refractivity contribution in [1.82, 2.24) is 19.9 Å². The lowest BCUT2D eigenvalue weighted by molar-refractivity contribution is -0.121. The van der Waals surface area contributed by atoms with E-state index in [0.717, 1.165) is 36.0 Å². The first-order valence-electron chi connectivity index (χ1n) is 7.88. The highest BCUT2D eigenvalue weighted by Crippen LogP contribution is 2.11. The standard InChI is InChI=1S/C18H20N4O/c23-18(9-8-15-5-3-10-19-13-15)20-11-4-12-22-14-21-16-6-1-2-7-17(16)22/h1-3,5-7,10,13-14H,4,8-9,11-12H2,(H,20,23). The molecular formula is C18H20N4O. The number of para-hydroxylation sites is 2. The molecule has 0 spiro atoms. The van der Waals surface area contributed by atoms with Crippen molar-refractivity contribution in [2.45, 2.75) is 25.8 Å². The zero-order chi connectivity index (χ0) is 15.9. The number of carbonyl (C=O) groups excluding carboxylic acids is 1. The Labute approximate surface area is 135 Å². The first-order valence-corrected chi connectivity index (χ1v) is 7.88. The highest BCUT2D eigenvalue weighted by Gasteiger charge is 2.03. The molecular weight excluding hydrogens is 288 g/mol. The van der Waals surface area contributed by atoms with Gasteiger partial charge >= 0.3 is 0 Å². The smallest absolute Gasteiger partial charge is 0.220 e. The zero-order valence-corrected chi connectivity index (χ0v) is 13.0. The topological polar surface area (TPSA) is 59.8 Å². The van der Waals surface area contributed by atoms with Gasteiger partial charge in [-0.15, -0.1) is 0 Å². The molecule has 0 aliphatic heterocycles. The predicted molar refractivity (Wildman–Crippen MR) is 89.9 cm³/mol. The number of carbonyl (C=O) groups is 1. The van der Waals surface area contributed by atoms with Crippen LogP contribution in [0.1, 0.15) is 18.4 Å². The summed E-state index contributed by atoms with van der Waals surface area (Å²) in [6.45, 7) is 1.53. The summed E-state index contributed by atoms with van der Waals surface area (Å²) in [5, 5.41) is 2.97. The maximum absolute atomic E-state index is 11.8. The number of fused-ring (bicyclic) bond motifs is 1. The minimum absolute atomic E-state index is 0.0874. The molecule has 1 N–H and O–H groups in total. The van der Waals surface area contributed by atoms with Crippen LogP contribution in [0.5, 0.6) is 0 Å². The molecule has 2 aromatic heterocycles. The quantitative estimate of drug-likeness (QED) is 0.682. The summed E-state index contributed by atoms with van der Waals surface area (Å²) in [6, 6.07) is 12.0. The first-order chi connectivity index (χ1) is 11.3. The molecule has 1 aromatic carbocycles. The number of aryl methyl sites for hydroxylation is 2. The molecule has 3 aromatic rings. The number of hydrogen-bond acceptors (Lipinski definition) is 3. The van der Waals surface area contributed by atoms with Gasteiger partial charge in [0.2, 0.25) is 5.91 Å². The second-order valence-corrected chi connectivity index (χ2v) is 5.49. The van der Waals surface area contributed by atoms with Gasteiger partial charge in [0.05, 0.1) is 17.4 Å². The van der Waals surface area contributed by atoms with Gasteiger partial charge < -0.3 is 9.88 Å². The Morgan fingerprint density at radius 2 is 2.09 bits per heavy atom. The molecule has 5 heteroatoms. The number of rotatable bonds is 7. The van der Waals surface area contributed by atoms with Crippen LogP contribution in [0.2, 0.25) is 0 Å². The van der Waals surface area contributed by atoms with Crippen LogP contribution in [0.25, 0.3) is 11.0 Å². The van der Waals surface area contributed by atoms with Crippen molar-refractivity contribution in [3.05, 3.63) is 60.7 Å². The Morgan fingerprint density at radius 3 is 2.96 bits per heavy atom. The van der Waals surface area contributed by atoms with Gasteiger partial charge in [0, 0.05) is 31.9 Å². The summed E-state index contributed by atoms with van der Waals surface area (Å²) in [7, 11) is 0. The van der Waals surface area contributed by atoms with Crippen molar-refractivity contribution in [3.63, 3.8) is 0 Å². The molecule has 0 unspecified atom stereocenters. The van der Waals surface area contributed by atoms with Crippen molar-refractivity contribution in [2.75, 3.05) is 6.54 Å². The van der Waals surface area contributed by atoms with E-state index in [1.165, 1.54) is 0 Å². The van der Waals surface area contributed by atoms with Crippen molar-refractivity contribution >= 4 is 16.9 Å². The molecule has 0 fully saturated rings. The predicted octanol–water partition coefficient (Wildman–Crippen LogP) is 2.57. The monoisotopic (exact) mass is 308 g/mol. The SMILES string of the molecule is O=C(CCc1cccnc1)NCCCn1cnc2ccccc21. The summed E-state index contributed by atoms with van der Waals surface area (Å²) < 4.78 is 2.12. The van der Waals surface area contributed by atoms with E-state index in [1.807, 2.05) is 36.7 Å². The van der Waals surface area contributed by atoms with E-state index in [2.05, 4.69) is 25.9 Å². The molecule has 5 nitrogen and oxygen atoms in total. The molecule has 0 bridgehead atoms. The van der Waals surface area contributed by atoms with Gasteiger partial charge in [-0.25, -0.2) is 4.98 Å². The second kappa shape index (κ2) is 7.54. The summed E-state index contributed by atoms with van der Waals surface area (Å²) in [5.74, 6) is 0.0874. The molecule has 0 radical (unpaired) electrons. The van der Waals surface area contributed by atoms with Gasteiger partial charge in [-0.2, -0.15) is 0 Å². The molecule has 0 saturated heterocycles. The molecule has 2 heterocycles. The van der Waals surface area contributed by atoms with Crippen LogP contribution in [0.3, 0.4) is 0 Å². The molecule has 0 aliphatic rings. The molecule has 1 amide bonds. The van der Waals surface area contributed by atoms with Crippen LogP contribution in [-0.2, 0) is 17.8 Å². The molecule has 0 aliphatic carbocycles. The largest absolute Gasteiger partial charge is 0.356 e. The van der Waals surface area contributed by atoms with E-state index in [1.54, 1.807) is 12.4 Å². The van der Waals surface area contributed by atoms with Gasteiger partial charge in [-0.1, -0.05) is 18.2 Å². The number of nitrogens with zero attached hydrogens (tertiary/aromatic N) is 3. The Bertz CT molecular complexity index is 767. The fraction of sp³-hybridized carbons (Fsp3) is 0.278. The lowest BCUT2D eigenvalue weighted by Crippen LogP contribution is -2.25. The Morgan fingerprint density at radius 1 is 1.17 bits per heavy atom. The number of nitrogens with one attached hydrogen (secondary N) is 1. The Kier molecular flexibility index (Phi) is 4.99. The fourth-order valence-corrected chi connectivity index (χ4v) is 2.56. The lowest BCUT2D eigenvalue weighted by Gasteiger charge is -2.07. The second-order valence-electron chi connectivity index (χ2n) is 5.49. The van der Waals surface area contributed by atoms with Crippen molar-refractivity contribution < 1.29 is 4.79 Å².